The first-order valence-corrected chi connectivity index (χ1v) is 18.3. The Morgan fingerprint density at radius 1 is 0.680 bits per heavy atom. The van der Waals surface area contributed by atoms with Gasteiger partial charge in [-0.05, 0) is 67.5 Å². The van der Waals surface area contributed by atoms with Crippen molar-refractivity contribution in [2.75, 3.05) is 102 Å². The van der Waals surface area contributed by atoms with Crippen molar-refractivity contribution >= 4 is 11.4 Å². The molecule has 4 aliphatic rings. The maximum atomic E-state index is 9.15. The van der Waals surface area contributed by atoms with Crippen LogP contribution in [0.15, 0.2) is 48.5 Å². The van der Waals surface area contributed by atoms with E-state index in [-0.39, 0.29) is 56.9 Å². The number of aliphatic hydroxyl groups is 4. The lowest BCUT2D eigenvalue weighted by Gasteiger charge is -2.34. The van der Waals surface area contributed by atoms with Gasteiger partial charge >= 0.3 is 0 Å². The minimum absolute atomic E-state index is 0.0312. The highest BCUT2D eigenvalue weighted by molar-refractivity contribution is 5.50. The molecule has 4 aliphatic heterocycles. The van der Waals surface area contributed by atoms with Crippen molar-refractivity contribution in [1.82, 2.24) is 5.32 Å². The number of anilines is 2. The number of morpholine rings is 3. The molecule has 4 heterocycles. The van der Waals surface area contributed by atoms with Gasteiger partial charge in [-0.1, -0.05) is 38.1 Å². The van der Waals surface area contributed by atoms with E-state index in [1.165, 1.54) is 17.7 Å². The Labute approximate surface area is 299 Å². The van der Waals surface area contributed by atoms with E-state index < -0.39 is 0 Å². The SMILES string of the molecule is CC(C)c1cccc(N2CCOC(CO)C2)c1.C[C@H](N)c1cccc(N2CCOC(CO)C2)c1.OCC1CCCCO1.OCC1CNCCO1. The zero-order valence-corrected chi connectivity index (χ0v) is 30.5. The Balaban J connectivity index is 0.000000191. The molecule has 2 aromatic rings. The molecule has 4 fully saturated rings. The number of hydrogen-bond acceptors (Lipinski definition) is 12. The van der Waals surface area contributed by atoms with Crippen molar-refractivity contribution in [3.8, 4) is 0 Å². The highest BCUT2D eigenvalue weighted by Gasteiger charge is 2.21. The van der Waals surface area contributed by atoms with Gasteiger partial charge in [0.2, 0.25) is 0 Å². The van der Waals surface area contributed by atoms with Crippen LogP contribution >= 0.6 is 0 Å². The summed E-state index contributed by atoms with van der Waals surface area (Å²) < 4.78 is 21.2. The highest BCUT2D eigenvalue weighted by Crippen LogP contribution is 2.24. The van der Waals surface area contributed by atoms with Crippen molar-refractivity contribution in [3.63, 3.8) is 0 Å². The minimum Gasteiger partial charge on any atom is -0.394 e. The molecule has 50 heavy (non-hydrogen) atoms. The van der Waals surface area contributed by atoms with Crippen LogP contribution in [0.1, 0.15) is 63.1 Å². The molecule has 6 rings (SSSR count). The van der Waals surface area contributed by atoms with E-state index in [1.807, 2.05) is 19.1 Å². The summed E-state index contributed by atoms with van der Waals surface area (Å²) in [5.74, 6) is 0.546. The van der Waals surface area contributed by atoms with Crippen molar-refractivity contribution in [1.29, 1.82) is 0 Å². The summed E-state index contributed by atoms with van der Waals surface area (Å²) in [6.45, 7) is 14.8. The van der Waals surface area contributed by atoms with Gasteiger partial charge in [0.05, 0.1) is 70.7 Å². The van der Waals surface area contributed by atoms with Gasteiger partial charge in [0.15, 0.2) is 0 Å². The lowest BCUT2D eigenvalue weighted by molar-refractivity contribution is -0.0172. The van der Waals surface area contributed by atoms with Crippen molar-refractivity contribution in [2.24, 2.45) is 5.73 Å². The van der Waals surface area contributed by atoms with Gasteiger partial charge in [-0.3, -0.25) is 0 Å². The fourth-order valence-electron chi connectivity index (χ4n) is 5.90. The second-order valence-corrected chi connectivity index (χ2v) is 13.4. The van der Waals surface area contributed by atoms with Crippen LogP contribution in [-0.4, -0.2) is 137 Å². The molecule has 284 valence electrons. The molecule has 7 N–H and O–H groups in total. The Morgan fingerprint density at radius 3 is 1.62 bits per heavy atom. The number of ether oxygens (including phenoxy) is 4. The molecule has 0 radical (unpaired) electrons. The van der Waals surface area contributed by atoms with Gasteiger partial charge in [0, 0.05) is 63.3 Å². The number of hydrogen-bond donors (Lipinski definition) is 6. The third-order valence-electron chi connectivity index (χ3n) is 9.03. The van der Waals surface area contributed by atoms with Gasteiger partial charge in [-0.15, -0.1) is 0 Å². The number of aliphatic hydroxyl groups excluding tert-OH is 4. The number of nitrogens with one attached hydrogen (secondary N) is 1. The van der Waals surface area contributed by atoms with Crippen LogP contribution in [0.25, 0.3) is 0 Å². The van der Waals surface area contributed by atoms with Gasteiger partial charge in [-0.25, -0.2) is 0 Å². The fraction of sp³-hybridized carbons (Fsp3) is 0.684. The summed E-state index contributed by atoms with van der Waals surface area (Å²) in [6.07, 6.45) is 3.46. The molecule has 4 unspecified atom stereocenters. The number of benzene rings is 2. The summed E-state index contributed by atoms with van der Waals surface area (Å²) >= 11 is 0. The first kappa shape index (κ1) is 42.1. The summed E-state index contributed by atoms with van der Waals surface area (Å²) in [6, 6.07) is 16.9. The smallest absolute Gasteiger partial charge is 0.0980 e. The van der Waals surface area contributed by atoms with Gasteiger partial charge in [0.1, 0.15) is 0 Å². The van der Waals surface area contributed by atoms with E-state index in [1.54, 1.807) is 0 Å². The summed E-state index contributed by atoms with van der Waals surface area (Å²) in [4.78, 5) is 4.52. The van der Waals surface area contributed by atoms with Crippen LogP contribution in [0.2, 0.25) is 0 Å². The van der Waals surface area contributed by atoms with E-state index >= 15 is 0 Å². The maximum Gasteiger partial charge on any atom is 0.0980 e. The average Bonchev–Trinajstić information content (AvgIpc) is 3.19. The Hall–Kier alpha value is -2.36. The van der Waals surface area contributed by atoms with Gasteiger partial charge in [0.25, 0.3) is 0 Å². The van der Waals surface area contributed by atoms with Gasteiger partial charge in [-0.2, -0.15) is 0 Å². The second kappa shape index (κ2) is 24.0. The predicted octanol–water partition coefficient (Wildman–Crippen LogP) is 2.43. The Morgan fingerprint density at radius 2 is 1.20 bits per heavy atom. The maximum absolute atomic E-state index is 9.15. The van der Waals surface area contributed by atoms with E-state index in [9.17, 15) is 0 Å². The minimum atomic E-state index is -0.0808. The third kappa shape index (κ3) is 15.1. The largest absolute Gasteiger partial charge is 0.394 e. The lowest BCUT2D eigenvalue weighted by Crippen LogP contribution is -2.44. The van der Waals surface area contributed by atoms with E-state index in [0.717, 1.165) is 76.6 Å². The molecule has 0 spiro atoms. The van der Waals surface area contributed by atoms with Crippen LogP contribution in [0.4, 0.5) is 11.4 Å². The molecule has 0 aromatic heterocycles. The van der Waals surface area contributed by atoms with Crippen molar-refractivity contribution < 1.29 is 39.4 Å². The van der Waals surface area contributed by atoms with Crippen molar-refractivity contribution in [3.05, 3.63) is 59.7 Å². The monoisotopic (exact) mass is 704 g/mol. The zero-order valence-electron chi connectivity index (χ0n) is 30.5. The first-order valence-electron chi connectivity index (χ1n) is 18.3. The van der Waals surface area contributed by atoms with E-state index in [0.29, 0.717) is 19.1 Å². The number of rotatable bonds is 8. The predicted molar refractivity (Wildman–Crippen MR) is 198 cm³/mol. The Kier molecular flexibility index (Phi) is 20.2. The van der Waals surface area contributed by atoms with Crippen LogP contribution in [0, 0.1) is 0 Å². The molecule has 12 heteroatoms. The topological polar surface area (TPSA) is 162 Å². The third-order valence-corrected chi connectivity index (χ3v) is 9.03. The standard InChI is InChI=1S/C14H21NO2.C13H20N2O2.C6H12O2.C5H11NO2/c1-11(2)12-4-3-5-13(8-12)15-6-7-17-14(9-15)10-16;1-10(14)11-3-2-4-12(7-11)15-5-6-17-13(8-15)9-16;7-5-6-3-1-2-4-8-6;7-4-5-3-6-1-2-8-5/h3-5,8,11,14,16H,6-7,9-10H2,1-2H3;2-4,7,10,13,16H,5-6,8-9,14H2,1H3;6-7H,1-5H2;5-7H,1-4H2/t;10-,13?;;/m.0../s1. The Bertz CT molecular complexity index is 1070. The molecule has 0 bridgehead atoms. The molecule has 5 atom stereocenters. The summed E-state index contributed by atoms with van der Waals surface area (Å²) in [5.41, 5.74) is 10.8. The summed E-state index contributed by atoms with van der Waals surface area (Å²) in [7, 11) is 0. The van der Waals surface area contributed by atoms with E-state index in [2.05, 4.69) is 65.4 Å². The normalized spacial score (nSPS) is 24.5. The molecule has 12 nitrogen and oxygen atoms in total. The molecule has 0 aliphatic carbocycles. The fourth-order valence-corrected chi connectivity index (χ4v) is 5.90. The number of nitrogens with zero attached hydrogens (tertiary/aromatic N) is 2. The van der Waals surface area contributed by atoms with Crippen LogP contribution < -0.4 is 20.9 Å². The van der Waals surface area contributed by atoms with Crippen molar-refractivity contribution in [2.45, 2.75) is 76.4 Å². The molecular weight excluding hydrogens is 640 g/mol. The summed E-state index contributed by atoms with van der Waals surface area (Å²) in [5, 5.41) is 38.5. The van der Waals surface area contributed by atoms with Crippen LogP contribution in [0.3, 0.4) is 0 Å². The number of nitrogens with two attached hydrogens (primary N) is 1. The first-order chi connectivity index (χ1) is 24.3. The second-order valence-electron chi connectivity index (χ2n) is 13.4. The average molecular weight is 705 g/mol. The van der Waals surface area contributed by atoms with Crippen LogP contribution in [-0.2, 0) is 18.9 Å². The highest BCUT2D eigenvalue weighted by atomic mass is 16.5. The molecule has 0 saturated carbocycles. The molecule has 4 saturated heterocycles. The molecule has 0 amide bonds. The quantitative estimate of drug-likeness (QED) is 0.239. The van der Waals surface area contributed by atoms with Gasteiger partial charge < -0.3 is 60.2 Å². The van der Waals surface area contributed by atoms with Crippen LogP contribution in [0.5, 0.6) is 0 Å². The molecule has 2 aromatic carbocycles. The lowest BCUT2D eigenvalue weighted by atomic mass is 10.0. The zero-order chi connectivity index (χ0) is 36.1. The van der Waals surface area contributed by atoms with E-state index in [4.69, 9.17) is 45.1 Å². The molecular formula is C38H64N4O8.